The van der Waals surface area contributed by atoms with Crippen molar-refractivity contribution in [3.05, 3.63) is 59.1 Å². The van der Waals surface area contributed by atoms with Crippen LogP contribution in [0.4, 0.5) is 15.6 Å². The van der Waals surface area contributed by atoms with E-state index in [9.17, 15) is 26.7 Å². The average molecular weight is 679 g/mol. The minimum Gasteiger partial charge on any atom is -0.399 e. The van der Waals surface area contributed by atoms with Crippen molar-refractivity contribution < 1.29 is 26.7 Å². The third-order valence-electron chi connectivity index (χ3n) is 9.13. The van der Waals surface area contributed by atoms with E-state index >= 15 is 0 Å². The van der Waals surface area contributed by atoms with Crippen LogP contribution in [-0.2, 0) is 25.5 Å². The number of fused-ring (bicyclic) bond motifs is 2. The highest BCUT2D eigenvalue weighted by molar-refractivity contribution is 7.93. The number of carbonyl (C=O) groups is 1. The Labute approximate surface area is 269 Å². The normalized spacial score (nSPS) is 24.0. The predicted octanol–water partition coefficient (Wildman–Crippen LogP) is 4.39. The molecule has 4 atom stereocenters. The van der Waals surface area contributed by atoms with Crippen LogP contribution in [0.3, 0.4) is 0 Å². The smallest absolute Gasteiger partial charge is 0.329 e. The molecule has 2 bridgehead atoms. The number of nitrogen functional groups attached to an aromatic ring is 1. The molecule has 246 valence electrons. The second-order valence-corrected chi connectivity index (χ2v) is 17.8. The average Bonchev–Trinajstić information content (AvgIpc) is 3.52. The third-order valence-corrected chi connectivity index (χ3v) is 13.2. The molecule has 2 aliphatic rings. The number of urea groups is 1. The highest BCUT2D eigenvalue weighted by atomic mass is 32.2. The summed E-state index contributed by atoms with van der Waals surface area (Å²) in [6, 6.07) is 11.0. The molecule has 2 aliphatic carbocycles. The number of aromatic nitrogens is 2. The third kappa shape index (κ3) is 7.11. The van der Waals surface area contributed by atoms with E-state index < -0.39 is 38.2 Å². The molecule has 1 heterocycles. The molecule has 2 aromatic carbocycles. The summed E-state index contributed by atoms with van der Waals surface area (Å²) in [5.74, 6) is 0.125. The van der Waals surface area contributed by atoms with E-state index in [1.165, 1.54) is 47.7 Å². The van der Waals surface area contributed by atoms with Crippen LogP contribution in [0.25, 0.3) is 0 Å². The molecule has 3 aromatic rings. The number of hydrogen-bond donors (Lipinski definition) is 5. The molecule has 1 aromatic heterocycles. The van der Waals surface area contributed by atoms with Crippen LogP contribution in [0.1, 0.15) is 65.0 Å². The zero-order valence-corrected chi connectivity index (χ0v) is 28.9. The van der Waals surface area contributed by atoms with Crippen LogP contribution < -0.4 is 20.5 Å². The Hall–Kier alpha value is -3.27. The summed E-state index contributed by atoms with van der Waals surface area (Å²) in [7, 11) is -7.60. The standard InChI is InChI=1S/C18H26N2O4S.C12H16N4O2S2/c1-11-5-7-12(8-6-11)25(23,24)20-16(22)19-14-13-9-10-18(4,15(14)21)17(13,2)3;1-12(2,3)10-14-15-11(19-10)16-20(17,18)9-6-4-8(13)5-7-9/h5-8,13-15,21H,9-10H2,1-4H3,(H2,19,20,22);4-7H,13H2,1-3H3,(H,15,16)/t13-,14+,15+,18+;/m1./s1. The maximum absolute atomic E-state index is 12.3. The minimum absolute atomic E-state index is 0.0361. The topological polar surface area (TPSA) is 193 Å². The van der Waals surface area contributed by atoms with Gasteiger partial charge in [0.05, 0.1) is 21.9 Å². The SMILES string of the molecule is CC(C)(C)c1nnc(NS(=O)(=O)c2ccc(N)cc2)s1.Cc1ccc(S(=O)(=O)NC(=O)N[C@H]2[C@H]3CC[C@@](C)([C@H]2O)C3(C)C)cc1. The molecule has 0 radical (unpaired) electrons. The quantitative estimate of drug-likeness (QED) is 0.235. The van der Waals surface area contributed by atoms with E-state index in [1.807, 2.05) is 39.3 Å². The fourth-order valence-electron chi connectivity index (χ4n) is 5.98. The number of rotatable bonds is 6. The summed E-state index contributed by atoms with van der Waals surface area (Å²) >= 11 is 1.23. The number of amides is 2. The van der Waals surface area contributed by atoms with Gasteiger partial charge in [-0.05, 0) is 67.5 Å². The first kappa shape index (κ1) is 34.6. The van der Waals surface area contributed by atoms with Crippen molar-refractivity contribution in [2.24, 2.45) is 16.7 Å². The number of aliphatic hydroxyl groups is 1. The molecular formula is C30H42N6O6S3. The van der Waals surface area contributed by atoms with Crippen molar-refractivity contribution in [1.82, 2.24) is 20.2 Å². The number of nitrogens with one attached hydrogen (secondary N) is 3. The highest BCUT2D eigenvalue weighted by Crippen LogP contribution is 2.65. The molecule has 15 heteroatoms. The number of anilines is 2. The van der Waals surface area contributed by atoms with E-state index in [0.29, 0.717) is 5.69 Å². The Kier molecular flexibility index (Phi) is 9.35. The number of hydrogen-bond acceptors (Lipinski definition) is 10. The zero-order valence-electron chi connectivity index (χ0n) is 26.5. The lowest BCUT2D eigenvalue weighted by Gasteiger charge is -2.37. The van der Waals surface area contributed by atoms with Gasteiger partial charge in [-0.15, -0.1) is 10.2 Å². The summed E-state index contributed by atoms with van der Waals surface area (Å²) in [4.78, 5) is 12.5. The molecule has 2 saturated carbocycles. The van der Waals surface area contributed by atoms with Gasteiger partial charge < -0.3 is 16.2 Å². The second-order valence-electron chi connectivity index (χ2n) is 13.5. The van der Waals surface area contributed by atoms with Crippen LogP contribution >= 0.6 is 11.3 Å². The summed E-state index contributed by atoms with van der Waals surface area (Å²) < 4.78 is 53.4. The Morgan fingerprint density at radius 2 is 1.51 bits per heavy atom. The van der Waals surface area contributed by atoms with E-state index in [4.69, 9.17) is 5.73 Å². The van der Waals surface area contributed by atoms with Crippen molar-refractivity contribution in [1.29, 1.82) is 0 Å². The fourth-order valence-corrected chi connectivity index (χ4v) is 8.93. The lowest BCUT2D eigenvalue weighted by Crippen LogP contribution is -2.52. The molecule has 2 amide bonds. The molecule has 2 fully saturated rings. The summed E-state index contributed by atoms with van der Waals surface area (Å²) in [5, 5.41) is 22.3. The minimum atomic E-state index is -3.94. The number of sulfonamides is 2. The van der Waals surface area contributed by atoms with Crippen LogP contribution in [0.15, 0.2) is 58.3 Å². The van der Waals surface area contributed by atoms with Crippen LogP contribution in [0.5, 0.6) is 0 Å². The maximum Gasteiger partial charge on any atom is 0.329 e. The summed E-state index contributed by atoms with van der Waals surface area (Å²) in [6.07, 6.45) is 1.14. The van der Waals surface area contributed by atoms with Gasteiger partial charge in [-0.1, -0.05) is 70.6 Å². The number of aliphatic hydroxyl groups excluding tert-OH is 1. The van der Waals surface area contributed by atoms with Gasteiger partial charge in [0.25, 0.3) is 20.0 Å². The molecule has 45 heavy (non-hydrogen) atoms. The lowest BCUT2D eigenvalue weighted by atomic mass is 9.70. The van der Waals surface area contributed by atoms with Gasteiger partial charge in [-0.3, -0.25) is 4.72 Å². The van der Waals surface area contributed by atoms with Crippen molar-refractivity contribution >= 4 is 48.2 Å². The summed E-state index contributed by atoms with van der Waals surface area (Å²) in [6.45, 7) is 14.1. The van der Waals surface area contributed by atoms with Gasteiger partial charge in [-0.25, -0.2) is 26.4 Å². The van der Waals surface area contributed by atoms with Gasteiger partial charge in [0.15, 0.2) is 0 Å². The number of carbonyl (C=O) groups excluding carboxylic acids is 1. The Morgan fingerprint density at radius 3 is 2.02 bits per heavy atom. The van der Waals surface area contributed by atoms with Gasteiger partial charge in [0, 0.05) is 16.5 Å². The van der Waals surface area contributed by atoms with Gasteiger partial charge in [-0.2, -0.15) is 0 Å². The number of nitrogens with zero attached hydrogens (tertiary/aromatic N) is 2. The van der Waals surface area contributed by atoms with Crippen molar-refractivity contribution in [3.8, 4) is 0 Å². The first-order chi connectivity index (χ1) is 20.7. The van der Waals surface area contributed by atoms with Crippen molar-refractivity contribution in [3.63, 3.8) is 0 Å². The highest BCUT2D eigenvalue weighted by Gasteiger charge is 2.66. The molecule has 12 nitrogen and oxygen atoms in total. The van der Waals surface area contributed by atoms with Crippen LogP contribution in [0, 0.1) is 23.7 Å². The van der Waals surface area contributed by atoms with E-state index in [0.717, 1.165) is 23.4 Å². The number of benzene rings is 2. The first-order valence-corrected chi connectivity index (χ1v) is 18.3. The first-order valence-electron chi connectivity index (χ1n) is 14.5. The van der Waals surface area contributed by atoms with Crippen LogP contribution in [-0.4, -0.2) is 50.3 Å². The van der Waals surface area contributed by atoms with Gasteiger partial charge in [0.2, 0.25) is 5.13 Å². The molecular weight excluding hydrogens is 637 g/mol. The predicted molar refractivity (Wildman–Crippen MR) is 175 cm³/mol. The number of aryl methyl sites for hydroxylation is 1. The van der Waals surface area contributed by atoms with Gasteiger partial charge in [0.1, 0.15) is 5.01 Å². The summed E-state index contributed by atoms with van der Waals surface area (Å²) in [5.41, 5.74) is 6.43. The number of nitrogens with two attached hydrogens (primary N) is 1. The second kappa shape index (κ2) is 12.2. The van der Waals surface area contributed by atoms with Crippen LogP contribution in [0.2, 0.25) is 0 Å². The van der Waals surface area contributed by atoms with Crippen molar-refractivity contribution in [2.45, 2.75) is 88.7 Å². The molecule has 0 spiro atoms. The van der Waals surface area contributed by atoms with E-state index in [-0.39, 0.29) is 37.1 Å². The van der Waals surface area contributed by atoms with E-state index in [2.05, 4.69) is 34.1 Å². The molecule has 6 N–H and O–H groups in total. The Morgan fingerprint density at radius 1 is 0.956 bits per heavy atom. The van der Waals surface area contributed by atoms with E-state index in [1.54, 1.807) is 12.1 Å². The molecule has 0 aliphatic heterocycles. The lowest BCUT2D eigenvalue weighted by molar-refractivity contribution is 0.00193. The molecule has 0 saturated heterocycles. The fraction of sp³-hybridized carbons (Fsp3) is 0.500. The Balaban J connectivity index is 0.000000210. The molecule has 0 unspecified atom stereocenters. The monoisotopic (exact) mass is 678 g/mol. The zero-order chi connectivity index (χ0) is 33.6. The molecule has 5 rings (SSSR count). The van der Waals surface area contributed by atoms with Gasteiger partial charge >= 0.3 is 6.03 Å². The Bertz CT molecular complexity index is 1750. The van der Waals surface area contributed by atoms with Crippen molar-refractivity contribution in [2.75, 3.05) is 10.5 Å². The maximum atomic E-state index is 12.3. The largest absolute Gasteiger partial charge is 0.399 e.